The molecule has 1 aliphatic rings. The first-order valence-electron chi connectivity index (χ1n) is 6.49. The summed E-state index contributed by atoms with van der Waals surface area (Å²) in [6.45, 7) is 0. The van der Waals surface area contributed by atoms with Crippen LogP contribution in [0.4, 0.5) is 4.39 Å². The number of hydrogen-bond donors (Lipinski definition) is 1. The molecule has 0 spiro atoms. The number of benzene rings is 1. The number of thioether (sulfide) groups is 1. The maximum absolute atomic E-state index is 13.5. The van der Waals surface area contributed by atoms with E-state index in [1.807, 2.05) is 0 Å². The van der Waals surface area contributed by atoms with Crippen molar-refractivity contribution in [3.63, 3.8) is 0 Å². The minimum atomic E-state index is -0.283. The average molecular weight is 367 g/mol. The van der Waals surface area contributed by atoms with Crippen molar-refractivity contribution in [3.05, 3.63) is 58.1 Å². The van der Waals surface area contributed by atoms with E-state index in [9.17, 15) is 9.18 Å². The van der Waals surface area contributed by atoms with E-state index in [1.165, 1.54) is 12.1 Å². The van der Waals surface area contributed by atoms with Gasteiger partial charge in [-0.3, -0.25) is 4.79 Å². The van der Waals surface area contributed by atoms with Gasteiger partial charge in [0.25, 0.3) is 5.91 Å². The summed E-state index contributed by atoms with van der Waals surface area (Å²) < 4.78 is 14.1. The maximum Gasteiger partial charge on any atom is 0.271 e. The van der Waals surface area contributed by atoms with Gasteiger partial charge in [-0.2, -0.15) is 0 Å². The highest BCUT2D eigenvalue weighted by molar-refractivity contribution is 9.10. The maximum atomic E-state index is 13.5. The first-order valence-corrected chi connectivity index (χ1v) is 8.26. The van der Waals surface area contributed by atoms with Gasteiger partial charge in [0, 0.05) is 21.3 Å². The number of carbonyl (C=O) groups is 1. The van der Waals surface area contributed by atoms with Gasteiger partial charge in [-0.25, -0.2) is 9.37 Å². The topological polar surface area (TPSA) is 42.0 Å². The molecule has 0 radical (unpaired) electrons. The van der Waals surface area contributed by atoms with Crippen LogP contribution in [-0.2, 0) is 0 Å². The second kappa shape index (κ2) is 6.15. The quantitative estimate of drug-likeness (QED) is 0.874. The van der Waals surface area contributed by atoms with E-state index in [0.29, 0.717) is 10.2 Å². The summed E-state index contributed by atoms with van der Waals surface area (Å²) in [6, 6.07) is 8.06. The smallest absolute Gasteiger partial charge is 0.271 e. The number of amides is 1. The van der Waals surface area contributed by atoms with E-state index in [4.69, 9.17) is 0 Å². The second-order valence-corrected chi connectivity index (χ2v) is 6.67. The summed E-state index contributed by atoms with van der Waals surface area (Å²) in [5, 5.41) is 2.95. The number of rotatable bonds is 2. The molecule has 3 nitrogen and oxygen atoms in total. The first-order chi connectivity index (χ1) is 10.1. The van der Waals surface area contributed by atoms with Crippen molar-refractivity contribution in [1.82, 2.24) is 10.3 Å². The molecule has 21 heavy (non-hydrogen) atoms. The largest absolute Gasteiger partial charge is 0.344 e. The van der Waals surface area contributed by atoms with Gasteiger partial charge in [0.2, 0.25) is 0 Å². The van der Waals surface area contributed by atoms with Gasteiger partial charge >= 0.3 is 0 Å². The van der Waals surface area contributed by atoms with E-state index >= 15 is 0 Å². The molecule has 0 bridgehead atoms. The summed E-state index contributed by atoms with van der Waals surface area (Å²) in [7, 11) is 0. The lowest BCUT2D eigenvalue weighted by Gasteiger charge is -2.26. The Balaban J connectivity index is 1.85. The number of nitrogens with one attached hydrogen (secondary N) is 1. The molecule has 108 valence electrons. The van der Waals surface area contributed by atoms with E-state index in [0.717, 1.165) is 22.6 Å². The van der Waals surface area contributed by atoms with Crippen LogP contribution >= 0.6 is 27.7 Å². The van der Waals surface area contributed by atoms with Crippen LogP contribution in [0.5, 0.6) is 0 Å². The van der Waals surface area contributed by atoms with Gasteiger partial charge < -0.3 is 5.32 Å². The molecule has 1 amide bonds. The van der Waals surface area contributed by atoms with Gasteiger partial charge in [-0.1, -0.05) is 0 Å². The standard InChI is InChI=1S/C15H12BrFN2OS/c16-11-2-1-6-18-14(11)15(20)19-12-5-7-21-13-4-3-9(17)8-10(12)13/h1-4,6,8,12H,5,7H2,(H,19,20). The fraction of sp³-hybridized carbons (Fsp3) is 0.200. The first kappa shape index (κ1) is 14.5. The molecule has 2 aromatic rings. The van der Waals surface area contributed by atoms with Crippen molar-refractivity contribution < 1.29 is 9.18 Å². The van der Waals surface area contributed by atoms with Crippen LogP contribution in [0.2, 0.25) is 0 Å². The number of hydrogen-bond acceptors (Lipinski definition) is 3. The van der Waals surface area contributed by atoms with E-state index < -0.39 is 0 Å². The molecule has 1 unspecified atom stereocenters. The number of fused-ring (bicyclic) bond motifs is 1. The third-order valence-electron chi connectivity index (χ3n) is 3.29. The lowest BCUT2D eigenvalue weighted by Crippen LogP contribution is -2.31. The van der Waals surface area contributed by atoms with Crippen LogP contribution in [-0.4, -0.2) is 16.6 Å². The average Bonchev–Trinajstić information content (AvgIpc) is 2.48. The predicted octanol–water partition coefficient (Wildman–Crippen LogP) is 3.95. The molecule has 1 aromatic heterocycles. The lowest BCUT2D eigenvalue weighted by molar-refractivity contribution is 0.0929. The van der Waals surface area contributed by atoms with Crippen molar-refractivity contribution in [1.29, 1.82) is 0 Å². The Morgan fingerprint density at radius 3 is 3.10 bits per heavy atom. The SMILES string of the molecule is O=C(NC1CCSc2ccc(F)cc21)c1ncccc1Br. The van der Waals surface area contributed by atoms with Crippen LogP contribution in [0.25, 0.3) is 0 Å². The van der Waals surface area contributed by atoms with Crippen molar-refractivity contribution in [2.75, 3.05) is 5.75 Å². The lowest BCUT2D eigenvalue weighted by atomic mass is 10.0. The van der Waals surface area contributed by atoms with Gasteiger partial charge in [0.15, 0.2) is 0 Å². The van der Waals surface area contributed by atoms with Crippen molar-refractivity contribution >= 4 is 33.6 Å². The molecule has 0 saturated heterocycles. The molecule has 1 atom stereocenters. The number of halogens is 2. The monoisotopic (exact) mass is 366 g/mol. The van der Waals surface area contributed by atoms with Crippen LogP contribution < -0.4 is 5.32 Å². The Kier molecular flexibility index (Phi) is 4.26. The molecular weight excluding hydrogens is 355 g/mol. The number of nitrogens with zero attached hydrogens (tertiary/aromatic N) is 1. The molecule has 1 N–H and O–H groups in total. The highest BCUT2D eigenvalue weighted by Crippen LogP contribution is 2.36. The third-order valence-corrected chi connectivity index (χ3v) is 5.05. The van der Waals surface area contributed by atoms with E-state index in [-0.39, 0.29) is 17.8 Å². The summed E-state index contributed by atoms with van der Waals surface area (Å²) in [5.74, 6) is 0.358. The molecule has 6 heteroatoms. The fourth-order valence-corrected chi connectivity index (χ4v) is 3.84. The number of carbonyl (C=O) groups excluding carboxylic acids is 1. The third kappa shape index (κ3) is 3.11. The molecule has 0 fully saturated rings. The molecule has 3 rings (SSSR count). The molecule has 2 heterocycles. The number of pyridine rings is 1. The molecule has 1 aliphatic heterocycles. The van der Waals surface area contributed by atoms with Crippen LogP contribution in [0.3, 0.4) is 0 Å². The Morgan fingerprint density at radius 1 is 1.43 bits per heavy atom. The summed E-state index contributed by atoms with van der Waals surface area (Å²) >= 11 is 5.00. The summed E-state index contributed by atoms with van der Waals surface area (Å²) in [4.78, 5) is 17.4. The van der Waals surface area contributed by atoms with Crippen LogP contribution in [0.15, 0.2) is 45.9 Å². The van der Waals surface area contributed by atoms with Gasteiger partial charge in [-0.05, 0) is 58.2 Å². The molecular formula is C15H12BrFN2OS. The fourth-order valence-electron chi connectivity index (χ4n) is 2.29. The minimum Gasteiger partial charge on any atom is -0.344 e. The van der Waals surface area contributed by atoms with Crippen molar-refractivity contribution in [2.45, 2.75) is 17.4 Å². The molecule has 0 saturated carbocycles. The van der Waals surface area contributed by atoms with Gasteiger partial charge in [0.1, 0.15) is 11.5 Å². The molecule has 1 aromatic carbocycles. The Labute approximate surface area is 134 Å². The van der Waals surface area contributed by atoms with Crippen LogP contribution in [0.1, 0.15) is 28.5 Å². The van der Waals surface area contributed by atoms with Gasteiger partial charge in [0.05, 0.1) is 6.04 Å². The summed E-state index contributed by atoms with van der Waals surface area (Å²) in [6.07, 6.45) is 2.35. The highest BCUT2D eigenvalue weighted by Gasteiger charge is 2.24. The van der Waals surface area contributed by atoms with Crippen molar-refractivity contribution in [3.8, 4) is 0 Å². The normalized spacial score (nSPS) is 17.1. The van der Waals surface area contributed by atoms with Crippen molar-refractivity contribution in [2.24, 2.45) is 0 Å². The minimum absolute atomic E-state index is 0.182. The van der Waals surface area contributed by atoms with Gasteiger partial charge in [-0.15, -0.1) is 11.8 Å². The zero-order chi connectivity index (χ0) is 14.8. The zero-order valence-electron chi connectivity index (χ0n) is 11.0. The summed E-state index contributed by atoms with van der Waals surface area (Å²) in [5.41, 5.74) is 1.18. The van der Waals surface area contributed by atoms with Crippen LogP contribution in [0, 0.1) is 5.82 Å². The highest BCUT2D eigenvalue weighted by atomic mass is 79.9. The predicted molar refractivity (Wildman–Crippen MR) is 83.9 cm³/mol. The van der Waals surface area contributed by atoms with E-state index in [1.54, 1.807) is 36.2 Å². The molecule has 0 aliphatic carbocycles. The van der Waals surface area contributed by atoms with E-state index in [2.05, 4.69) is 26.2 Å². The number of aromatic nitrogens is 1. The second-order valence-electron chi connectivity index (χ2n) is 4.68. The Morgan fingerprint density at radius 2 is 2.29 bits per heavy atom. The Hall–Kier alpha value is -1.40. The zero-order valence-corrected chi connectivity index (χ0v) is 13.4. The Bertz CT molecular complexity index is 695.